The van der Waals surface area contributed by atoms with Crippen LogP contribution in [0.5, 0.6) is 0 Å². The Bertz CT molecular complexity index is 1150. The lowest BCUT2D eigenvalue weighted by molar-refractivity contribution is -0.131. The van der Waals surface area contributed by atoms with Crippen molar-refractivity contribution < 1.29 is 13.2 Å². The van der Waals surface area contributed by atoms with Gasteiger partial charge in [0.25, 0.3) is 0 Å². The predicted octanol–water partition coefficient (Wildman–Crippen LogP) is 3.76. The number of hydrogen-bond acceptors (Lipinski definition) is 6. The average Bonchev–Trinajstić information content (AvgIpc) is 3.24. The number of rotatable bonds is 7. The topological polar surface area (TPSA) is 70.6 Å². The Kier molecular flexibility index (Phi) is 6.57. The van der Waals surface area contributed by atoms with Gasteiger partial charge in [0.15, 0.2) is 15.0 Å². The lowest BCUT2D eigenvalue weighted by atomic mass is 10.1. The molecule has 0 spiro atoms. The number of para-hydroxylation sites is 1. The van der Waals surface area contributed by atoms with Crippen LogP contribution in [0, 0.1) is 0 Å². The number of carbonyl (C=O) groups excluding carboxylic acids is 1. The summed E-state index contributed by atoms with van der Waals surface area (Å²) in [5, 5.41) is 1.01. The minimum absolute atomic E-state index is 0.00577. The normalized spacial score (nSPS) is 14.9. The standard InChI is InChI=1S/C23H27N3O3S2/c1-2-18-8-6-11-20-22(18)24-23(30-20)26-15-13-25(14-16-26)21(27)12-7-17-31(28,29)19-9-4-3-5-10-19/h3-6,8-11H,2,7,12-17H2,1H3. The molecule has 0 atom stereocenters. The van der Waals surface area contributed by atoms with Crippen LogP contribution in [0.15, 0.2) is 53.4 Å². The third-order valence-corrected chi connectivity index (χ3v) is 8.58. The summed E-state index contributed by atoms with van der Waals surface area (Å²) < 4.78 is 25.9. The maximum atomic E-state index is 12.6. The number of nitrogens with zero attached hydrogens (tertiary/aromatic N) is 3. The molecule has 0 radical (unpaired) electrons. The van der Waals surface area contributed by atoms with E-state index in [1.807, 2.05) is 4.90 Å². The van der Waals surface area contributed by atoms with Crippen molar-refractivity contribution in [2.45, 2.75) is 31.1 Å². The van der Waals surface area contributed by atoms with Crippen LogP contribution in [-0.2, 0) is 21.1 Å². The van der Waals surface area contributed by atoms with Crippen molar-refractivity contribution in [3.8, 4) is 0 Å². The van der Waals surface area contributed by atoms with Gasteiger partial charge < -0.3 is 9.80 Å². The van der Waals surface area contributed by atoms with Crippen molar-refractivity contribution in [1.29, 1.82) is 0 Å². The first kappa shape index (κ1) is 21.8. The Morgan fingerprint density at radius 1 is 1.03 bits per heavy atom. The second-order valence-corrected chi connectivity index (χ2v) is 10.8. The maximum Gasteiger partial charge on any atom is 0.222 e. The highest BCUT2D eigenvalue weighted by molar-refractivity contribution is 7.91. The summed E-state index contributed by atoms with van der Waals surface area (Å²) >= 11 is 1.70. The van der Waals surface area contributed by atoms with Gasteiger partial charge in [-0.1, -0.05) is 48.6 Å². The molecule has 0 aliphatic carbocycles. The van der Waals surface area contributed by atoms with Gasteiger partial charge in [0.2, 0.25) is 5.91 Å². The monoisotopic (exact) mass is 457 g/mol. The number of aromatic nitrogens is 1. The number of anilines is 1. The molecule has 8 heteroatoms. The fourth-order valence-corrected chi connectivity index (χ4v) is 6.28. The Hall–Kier alpha value is -2.45. The number of thiazole rings is 1. The number of fused-ring (bicyclic) bond motifs is 1. The smallest absolute Gasteiger partial charge is 0.222 e. The summed E-state index contributed by atoms with van der Waals surface area (Å²) in [6.07, 6.45) is 1.56. The molecule has 1 aromatic heterocycles. The van der Waals surface area contributed by atoms with Crippen LogP contribution < -0.4 is 4.90 Å². The first-order chi connectivity index (χ1) is 15.0. The van der Waals surface area contributed by atoms with Gasteiger partial charge in [-0.3, -0.25) is 4.79 Å². The minimum Gasteiger partial charge on any atom is -0.345 e. The highest BCUT2D eigenvalue weighted by Gasteiger charge is 2.24. The molecule has 4 rings (SSSR count). The molecule has 0 saturated carbocycles. The Morgan fingerprint density at radius 2 is 1.77 bits per heavy atom. The van der Waals surface area contributed by atoms with Crippen LogP contribution in [0.3, 0.4) is 0 Å². The molecule has 2 heterocycles. The zero-order valence-electron chi connectivity index (χ0n) is 17.7. The number of amides is 1. The second-order valence-electron chi connectivity index (χ2n) is 7.72. The Balaban J connectivity index is 1.29. The molecule has 1 aliphatic heterocycles. The largest absolute Gasteiger partial charge is 0.345 e. The number of carbonyl (C=O) groups is 1. The van der Waals surface area contributed by atoms with Gasteiger partial charge in [0.1, 0.15) is 0 Å². The molecule has 1 amide bonds. The van der Waals surface area contributed by atoms with Crippen molar-refractivity contribution in [3.63, 3.8) is 0 Å². The summed E-state index contributed by atoms with van der Waals surface area (Å²) in [6, 6.07) is 14.7. The summed E-state index contributed by atoms with van der Waals surface area (Å²) in [5.41, 5.74) is 2.35. The summed E-state index contributed by atoms with van der Waals surface area (Å²) in [7, 11) is -3.34. The van der Waals surface area contributed by atoms with Gasteiger partial charge in [-0.15, -0.1) is 0 Å². The van der Waals surface area contributed by atoms with Gasteiger partial charge in [-0.05, 0) is 36.6 Å². The summed E-state index contributed by atoms with van der Waals surface area (Å²) in [6.45, 7) is 4.91. The van der Waals surface area contributed by atoms with Crippen LogP contribution in [0.4, 0.5) is 5.13 Å². The zero-order chi connectivity index (χ0) is 21.8. The summed E-state index contributed by atoms with van der Waals surface area (Å²) in [5.74, 6) is 0.0225. The van der Waals surface area contributed by atoms with Gasteiger partial charge in [-0.25, -0.2) is 13.4 Å². The SMILES string of the molecule is CCc1cccc2sc(N3CCN(C(=O)CCCS(=O)(=O)c4ccccc4)CC3)nc12. The number of sulfone groups is 1. The first-order valence-corrected chi connectivity index (χ1v) is 13.1. The molecule has 0 bridgehead atoms. The van der Waals surface area contributed by atoms with Crippen LogP contribution in [-0.4, -0.2) is 56.1 Å². The predicted molar refractivity (Wildman–Crippen MR) is 126 cm³/mol. The molecular weight excluding hydrogens is 430 g/mol. The van der Waals surface area contributed by atoms with Crippen molar-refractivity contribution in [1.82, 2.24) is 9.88 Å². The quantitative estimate of drug-likeness (QED) is 0.540. The molecular formula is C23H27N3O3S2. The number of aryl methyl sites for hydroxylation is 1. The van der Waals surface area contributed by atoms with Gasteiger partial charge >= 0.3 is 0 Å². The van der Waals surface area contributed by atoms with Gasteiger partial charge in [0.05, 0.1) is 20.9 Å². The van der Waals surface area contributed by atoms with Gasteiger partial charge in [-0.2, -0.15) is 0 Å². The summed E-state index contributed by atoms with van der Waals surface area (Å²) in [4.78, 5) is 21.8. The molecule has 6 nitrogen and oxygen atoms in total. The second kappa shape index (κ2) is 9.36. The van der Waals surface area contributed by atoms with Crippen molar-refractivity contribution >= 4 is 42.4 Å². The molecule has 31 heavy (non-hydrogen) atoms. The van der Waals surface area contributed by atoms with E-state index in [0.717, 1.165) is 30.2 Å². The van der Waals surface area contributed by atoms with E-state index in [9.17, 15) is 13.2 Å². The van der Waals surface area contributed by atoms with Crippen LogP contribution in [0.2, 0.25) is 0 Å². The molecule has 0 unspecified atom stereocenters. The van der Waals surface area contributed by atoms with E-state index in [0.29, 0.717) is 24.4 Å². The van der Waals surface area contributed by atoms with E-state index >= 15 is 0 Å². The fraction of sp³-hybridized carbons (Fsp3) is 0.391. The van der Waals surface area contributed by atoms with Crippen molar-refractivity contribution in [3.05, 3.63) is 54.1 Å². The highest BCUT2D eigenvalue weighted by atomic mass is 32.2. The minimum atomic E-state index is -3.34. The van der Waals surface area contributed by atoms with Crippen LogP contribution in [0.1, 0.15) is 25.3 Å². The first-order valence-electron chi connectivity index (χ1n) is 10.7. The third-order valence-electron chi connectivity index (χ3n) is 5.68. The molecule has 0 N–H and O–H groups in total. The Morgan fingerprint density at radius 3 is 2.48 bits per heavy atom. The zero-order valence-corrected chi connectivity index (χ0v) is 19.3. The highest BCUT2D eigenvalue weighted by Crippen LogP contribution is 2.31. The number of piperazine rings is 1. The van der Waals surface area contributed by atoms with Crippen molar-refractivity contribution in [2.24, 2.45) is 0 Å². The third kappa shape index (κ3) is 4.91. The molecule has 1 saturated heterocycles. The van der Waals surface area contributed by atoms with E-state index in [1.54, 1.807) is 41.7 Å². The van der Waals surface area contributed by atoms with E-state index in [1.165, 1.54) is 10.3 Å². The van der Waals surface area contributed by atoms with E-state index in [2.05, 4.69) is 30.0 Å². The molecule has 1 fully saturated rings. The van der Waals surface area contributed by atoms with E-state index < -0.39 is 9.84 Å². The lowest BCUT2D eigenvalue weighted by Crippen LogP contribution is -2.48. The molecule has 164 valence electrons. The fourth-order valence-electron chi connectivity index (χ4n) is 3.88. The molecule has 2 aromatic carbocycles. The Labute approximate surface area is 187 Å². The lowest BCUT2D eigenvalue weighted by Gasteiger charge is -2.34. The average molecular weight is 458 g/mol. The van der Waals surface area contributed by atoms with E-state index in [-0.39, 0.29) is 18.1 Å². The van der Waals surface area contributed by atoms with Gasteiger partial charge in [0, 0.05) is 32.6 Å². The van der Waals surface area contributed by atoms with Crippen LogP contribution in [0.25, 0.3) is 10.2 Å². The molecule has 1 aliphatic rings. The van der Waals surface area contributed by atoms with Crippen molar-refractivity contribution in [2.75, 3.05) is 36.8 Å². The van der Waals surface area contributed by atoms with Crippen LogP contribution >= 0.6 is 11.3 Å². The number of benzene rings is 2. The number of hydrogen-bond donors (Lipinski definition) is 0. The maximum absolute atomic E-state index is 12.6. The molecule has 3 aromatic rings. The van der Waals surface area contributed by atoms with E-state index in [4.69, 9.17) is 4.98 Å².